The zero-order valence-corrected chi connectivity index (χ0v) is 16.1. The van der Waals surface area contributed by atoms with Crippen molar-refractivity contribution in [1.82, 2.24) is 14.8 Å². The molecule has 0 spiro atoms. The number of halogens is 1. The summed E-state index contributed by atoms with van der Waals surface area (Å²) < 4.78 is 8.39. The van der Waals surface area contributed by atoms with Crippen molar-refractivity contribution in [3.63, 3.8) is 0 Å². The van der Waals surface area contributed by atoms with Gasteiger partial charge in [0.25, 0.3) is 5.91 Å². The first-order valence-corrected chi connectivity index (χ1v) is 9.01. The van der Waals surface area contributed by atoms with Crippen molar-refractivity contribution in [3.8, 4) is 5.75 Å². The third-order valence-corrected chi connectivity index (χ3v) is 4.04. The number of rotatable bonds is 6. The maximum atomic E-state index is 12.5. The van der Waals surface area contributed by atoms with Gasteiger partial charge in [-0.3, -0.25) is 10.1 Å². The third kappa shape index (κ3) is 4.70. The standard InChI is InChI=1S/C19H19BrN4O2/c1-13(2)26-17-6-4-3-5-16(17)18(25)22-19-21-12-24(23-19)11-14-7-9-15(20)10-8-14/h3-10,12-13H,11H2,1-2H3,(H,22,23,25). The Hall–Kier alpha value is -2.67. The van der Waals surface area contributed by atoms with Crippen LogP contribution in [-0.2, 0) is 6.54 Å². The summed E-state index contributed by atoms with van der Waals surface area (Å²) in [4.78, 5) is 16.7. The SMILES string of the molecule is CC(C)Oc1ccccc1C(=O)Nc1ncn(Cc2ccc(Br)cc2)n1. The van der Waals surface area contributed by atoms with Gasteiger partial charge in [-0.25, -0.2) is 9.67 Å². The van der Waals surface area contributed by atoms with Gasteiger partial charge in [-0.15, -0.1) is 5.10 Å². The number of hydrogen-bond acceptors (Lipinski definition) is 4. The molecule has 26 heavy (non-hydrogen) atoms. The third-order valence-electron chi connectivity index (χ3n) is 3.51. The summed E-state index contributed by atoms with van der Waals surface area (Å²) in [5.74, 6) is 0.489. The van der Waals surface area contributed by atoms with Crippen LogP contribution in [0.1, 0.15) is 29.8 Å². The molecule has 3 rings (SSSR count). The number of nitrogens with zero attached hydrogens (tertiary/aromatic N) is 3. The fourth-order valence-electron chi connectivity index (χ4n) is 2.38. The van der Waals surface area contributed by atoms with Crippen molar-refractivity contribution in [2.24, 2.45) is 0 Å². The Morgan fingerprint density at radius 2 is 1.92 bits per heavy atom. The highest BCUT2D eigenvalue weighted by Gasteiger charge is 2.15. The molecule has 2 aromatic carbocycles. The molecule has 0 saturated carbocycles. The molecule has 1 amide bonds. The minimum absolute atomic E-state index is 0.0211. The molecule has 0 aliphatic carbocycles. The second-order valence-corrected chi connectivity index (χ2v) is 6.92. The fourth-order valence-corrected chi connectivity index (χ4v) is 2.65. The Morgan fingerprint density at radius 1 is 1.19 bits per heavy atom. The predicted octanol–water partition coefficient (Wildman–Crippen LogP) is 4.13. The maximum absolute atomic E-state index is 12.5. The van der Waals surface area contributed by atoms with Crippen molar-refractivity contribution in [1.29, 1.82) is 0 Å². The van der Waals surface area contributed by atoms with Crippen LogP contribution in [-0.4, -0.2) is 26.8 Å². The van der Waals surface area contributed by atoms with Gasteiger partial charge in [0.1, 0.15) is 12.1 Å². The lowest BCUT2D eigenvalue weighted by molar-refractivity contribution is 0.102. The Labute approximate surface area is 160 Å². The van der Waals surface area contributed by atoms with E-state index in [0.717, 1.165) is 10.0 Å². The number of para-hydroxylation sites is 1. The first-order valence-electron chi connectivity index (χ1n) is 8.22. The van der Waals surface area contributed by atoms with Gasteiger partial charge in [-0.1, -0.05) is 40.2 Å². The van der Waals surface area contributed by atoms with Gasteiger partial charge < -0.3 is 4.74 Å². The first-order chi connectivity index (χ1) is 12.5. The number of ether oxygens (including phenoxy) is 1. The quantitative estimate of drug-likeness (QED) is 0.658. The monoisotopic (exact) mass is 414 g/mol. The zero-order chi connectivity index (χ0) is 18.5. The molecule has 0 saturated heterocycles. The molecule has 1 heterocycles. The van der Waals surface area contributed by atoms with E-state index in [-0.39, 0.29) is 18.0 Å². The van der Waals surface area contributed by atoms with Crippen molar-refractivity contribution < 1.29 is 9.53 Å². The minimum atomic E-state index is -0.303. The summed E-state index contributed by atoms with van der Waals surface area (Å²) in [5.41, 5.74) is 1.54. The first kappa shape index (κ1) is 18.1. The molecule has 1 aromatic heterocycles. The highest BCUT2D eigenvalue weighted by molar-refractivity contribution is 9.10. The average molecular weight is 415 g/mol. The van der Waals surface area contributed by atoms with Crippen LogP contribution in [0.15, 0.2) is 59.3 Å². The van der Waals surface area contributed by atoms with Crippen LogP contribution < -0.4 is 10.1 Å². The normalized spacial score (nSPS) is 10.8. The lowest BCUT2D eigenvalue weighted by Gasteiger charge is -2.13. The van der Waals surface area contributed by atoms with E-state index < -0.39 is 0 Å². The van der Waals surface area contributed by atoms with E-state index in [1.54, 1.807) is 29.2 Å². The summed E-state index contributed by atoms with van der Waals surface area (Å²) in [6.07, 6.45) is 1.57. The van der Waals surface area contributed by atoms with Gasteiger partial charge >= 0.3 is 0 Å². The topological polar surface area (TPSA) is 69.0 Å². The van der Waals surface area contributed by atoms with Crippen LogP contribution in [0.2, 0.25) is 0 Å². The van der Waals surface area contributed by atoms with Crippen molar-refractivity contribution >= 4 is 27.8 Å². The van der Waals surface area contributed by atoms with Crippen molar-refractivity contribution in [2.45, 2.75) is 26.5 Å². The number of hydrogen-bond donors (Lipinski definition) is 1. The van der Waals surface area contributed by atoms with Crippen LogP contribution in [0.25, 0.3) is 0 Å². The molecule has 0 radical (unpaired) electrons. The predicted molar refractivity (Wildman–Crippen MR) is 103 cm³/mol. The fraction of sp³-hybridized carbons (Fsp3) is 0.211. The number of carbonyl (C=O) groups is 1. The van der Waals surface area contributed by atoms with Gasteiger partial charge in [0, 0.05) is 4.47 Å². The summed E-state index contributed by atoms with van der Waals surface area (Å²) in [6, 6.07) is 15.1. The Bertz CT molecular complexity index is 891. The summed E-state index contributed by atoms with van der Waals surface area (Å²) >= 11 is 3.41. The number of anilines is 1. The molecule has 0 bridgehead atoms. The molecular weight excluding hydrogens is 396 g/mol. The van der Waals surface area contributed by atoms with Crippen LogP contribution in [0.3, 0.4) is 0 Å². The molecule has 6 nitrogen and oxygen atoms in total. The summed E-state index contributed by atoms with van der Waals surface area (Å²) in [6.45, 7) is 4.41. The number of amides is 1. The molecule has 0 atom stereocenters. The van der Waals surface area contributed by atoms with Gasteiger partial charge in [0.05, 0.1) is 18.2 Å². The van der Waals surface area contributed by atoms with E-state index >= 15 is 0 Å². The van der Waals surface area contributed by atoms with Crippen LogP contribution in [0.4, 0.5) is 5.95 Å². The Balaban J connectivity index is 1.69. The van der Waals surface area contributed by atoms with Gasteiger partial charge in [-0.05, 0) is 43.7 Å². The van der Waals surface area contributed by atoms with E-state index in [2.05, 4.69) is 31.3 Å². The lowest BCUT2D eigenvalue weighted by atomic mass is 10.2. The van der Waals surface area contributed by atoms with E-state index in [1.165, 1.54) is 0 Å². The van der Waals surface area contributed by atoms with Crippen LogP contribution in [0, 0.1) is 0 Å². The number of aromatic nitrogens is 3. The van der Waals surface area contributed by atoms with Gasteiger partial charge in [-0.2, -0.15) is 0 Å². The van der Waals surface area contributed by atoms with Crippen LogP contribution >= 0.6 is 15.9 Å². The maximum Gasteiger partial charge on any atom is 0.261 e. The highest BCUT2D eigenvalue weighted by Crippen LogP contribution is 2.20. The minimum Gasteiger partial charge on any atom is -0.490 e. The second kappa shape index (κ2) is 8.14. The van der Waals surface area contributed by atoms with Crippen molar-refractivity contribution in [2.75, 3.05) is 5.32 Å². The Kier molecular flexibility index (Phi) is 5.68. The number of nitrogens with one attached hydrogen (secondary N) is 1. The highest BCUT2D eigenvalue weighted by atomic mass is 79.9. The van der Waals surface area contributed by atoms with E-state index in [4.69, 9.17) is 4.74 Å². The van der Waals surface area contributed by atoms with Crippen LogP contribution in [0.5, 0.6) is 5.75 Å². The number of benzene rings is 2. The van der Waals surface area contributed by atoms with Gasteiger partial charge in [0.15, 0.2) is 0 Å². The molecule has 0 unspecified atom stereocenters. The van der Waals surface area contributed by atoms with E-state index in [1.807, 2.05) is 44.2 Å². The largest absolute Gasteiger partial charge is 0.490 e. The van der Waals surface area contributed by atoms with Gasteiger partial charge in [0.2, 0.25) is 5.95 Å². The second-order valence-electron chi connectivity index (χ2n) is 6.01. The molecule has 134 valence electrons. The molecule has 0 fully saturated rings. The Morgan fingerprint density at radius 3 is 2.65 bits per heavy atom. The molecule has 7 heteroatoms. The molecule has 0 aliphatic heterocycles. The molecule has 3 aromatic rings. The van der Waals surface area contributed by atoms with E-state index in [9.17, 15) is 4.79 Å². The zero-order valence-electron chi connectivity index (χ0n) is 14.5. The summed E-state index contributed by atoms with van der Waals surface area (Å²) in [5, 5.41) is 7.02. The number of carbonyl (C=O) groups excluding carboxylic acids is 1. The average Bonchev–Trinajstić information content (AvgIpc) is 3.04. The molecule has 0 aliphatic rings. The lowest BCUT2D eigenvalue weighted by Crippen LogP contribution is -2.16. The summed E-state index contributed by atoms with van der Waals surface area (Å²) in [7, 11) is 0. The van der Waals surface area contributed by atoms with E-state index in [0.29, 0.717) is 17.9 Å². The molecule has 1 N–H and O–H groups in total. The molecular formula is C19H19BrN4O2. The smallest absolute Gasteiger partial charge is 0.261 e. The van der Waals surface area contributed by atoms with Crippen molar-refractivity contribution in [3.05, 3.63) is 70.5 Å².